The van der Waals surface area contributed by atoms with Gasteiger partial charge < -0.3 is 24.8 Å². The first-order chi connectivity index (χ1) is 20.2. The predicted octanol–water partition coefficient (Wildman–Crippen LogP) is 5.12. The second-order valence-electron chi connectivity index (χ2n) is 13.8. The van der Waals surface area contributed by atoms with Gasteiger partial charge in [-0.1, -0.05) is 126 Å². The summed E-state index contributed by atoms with van der Waals surface area (Å²) in [6, 6.07) is 40.5. The van der Waals surface area contributed by atoms with Gasteiger partial charge in [0.25, 0.3) is 0 Å². The normalized spacial score (nSPS) is 11.4. The van der Waals surface area contributed by atoms with Crippen LogP contribution in [0.15, 0.2) is 103 Å². The van der Waals surface area contributed by atoms with Gasteiger partial charge in [0.05, 0.1) is 0 Å². The van der Waals surface area contributed by atoms with Gasteiger partial charge in [-0.25, -0.2) is 6.07 Å². The van der Waals surface area contributed by atoms with E-state index in [4.69, 9.17) is 0 Å². The van der Waals surface area contributed by atoms with Gasteiger partial charge in [-0.05, 0) is 17.4 Å². The minimum Gasteiger partial charge on any atom is -1.00 e. The van der Waals surface area contributed by atoms with Crippen LogP contribution in [0.2, 0.25) is 0 Å². The molecule has 0 unspecified atom stereocenters. The molecule has 0 amide bonds. The molecule has 0 radical (unpaired) electrons. The first kappa shape index (κ1) is 38.7. The molecule has 1 aliphatic rings. The van der Waals surface area contributed by atoms with Crippen LogP contribution in [0.5, 0.6) is 0 Å². The molecule has 0 N–H and O–H groups in total. The summed E-state index contributed by atoms with van der Waals surface area (Å²) in [6.45, 7) is 20.1. The number of hydrogen-bond acceptors (Lipinski definition) is 0. The van der Waals surface area contributed by atoms with Crippen molar-refractivity contribution in [2.75, 3.05) is 0 Å². The quantitative estimate of drug-likeness (QED) is 0.219. The van der Waals surface area contributed by atoms with Crippen molar-refractivity contribution in [2.24, 2.45) is 0 Å². The third kappa shape index (κ3) is 10.3. The van der Waals surface area contributed by atoms with Crippen LogP contribution in [0, 0.1) is 19.9 Å². The molecule has 0 spiro atoms. The van der Waals surface area contributed by atoms with Crippen molar-refractivity contribution >= 4 is 3.21 Å². The van der Waals surface area contributed by atoms with E-state index in [1.165, 1.54) is 88.6 Å². The second kappa shape index (κ2) is 16.4. The Kier molecular flexibility index (Phi) is 14.1. The van der Waals surface area contributed by atoms with Crippen molar-refractivity contribution in [2.45, 2.75) is 79.6 Å². The summed E-state index contributed by atoms with van der Waals surface area (Å²) in [5.74, 6) is 0. The molecule has 5 aromatic rings. The van der Waals surface area contributed by atoms with Crippen molar-refractivity contribution in [3.63, 3.8) is 0 Å². The standard InChI is InChI=1S/C21H25.C13H13.C8H8.2ClH.Zr/c1-20(2,3)16-9-7-14-11-15-8-10-17(21(4,5)6)13-19(15)18(14)12-16;1-10-8-11(2)13(9-10)12-6-4-3-5-7-12;1-2-8-6-4-3-5-7-8;;;/h7,9-10,12-13H,11H2,1-6H3;3-9H,1-2H3;3-7H,1H3;2*1H;/q2*-1;;;;+2/p-2. The van der Waals surface area contributed by atoms with E-state index < -0.39 is 0 Å². The summed E-state index contributed by atoms with van der Waals surface area (Å²) in [4.78, 5) is 0. The molecule has 234 valence electrons. The maximum atomic E-state index is 3.53. The Morgan fingerprint density at radius 3 is 1.73 bits per heavy atom. The average Bonchev–Trinajstić information content (AvgIpc) is 3.51. The maximum absolute atomic E-state index is 3.53. The maximum Gasteiger partial charge on any atom is -0.0623 e. The molecule has 0 saturated carbocycles. The number of halogens is 2. The molecule has 45 heavy (non-hydrogen) atoms. The molecule has 5 aromatic carbocycles. The number of rotatable bonds is 2. The molecule has 3 heteroatoms. The van der Waals surface area contributed by atoms with Crippen LogP contribution in [-0.4, -0.2) is 3.21 Å². The predicted molar refractivity (Wildman–Crippen MR) is 184 cm³/mol. The van der Waals surface area contributed by atoms with Crippen molar-refractivity contribution in [1.29, 1.82) is 0 Å². The van der Waals surface area contributed by atoms with Crippen LogP contribution < -0.4 is 24.8 Å². The molecule has 0 bridgehead atoms. The molecule has 0 heterocycles. The number of fused-ring (bicyclic) bond motifs is 3. The van der Waals surface area contributed by atoms with E-state index in [2.05, 4.69) is 165 Å². The van der Waals surface area contributed by atoms with Crippen LogP contribution in [0.3, 0.4) is 0 Å². The molecule has 1 aliphatic carbocycles. The summed E-state index contributed by atoms with van der Waals surface area (Å²) in [5, 5.41) is 0. The van der Waals surface area contributed by atoms with Crippen molar-refractivity contribution in [3.05, 3.63) is 148 Å². The summed E-state index contributed by atoms with van der Waals surface area (Å²) in [5.41, 5.74) is 15.5. The van der Waals surface area contributed by atoms with Gasteiger partial charge in [0.2, 0.25) is 0 Å². The second-order valence-corrected chi connectivity index (χ2v) is 15.7. The van der Waals surface area contributed by atoms with Crippen LogP contribution in [-0.2, 0) is 41.5 Å². The van der Waals surface area contributed by atoms with Crippen LogP contribution in [0.25, 0.3) is 22.3 Å². The monoisotopic (exact) mass is 710 g/mol. The molecule has 0 aromatic heterocycles. The van der Waals surface area contributed by atoms with E-state index in [0.29, 0.717) is 0 Å². The van der Waals surface area contributed by atoms with Gasteiger partial charge in [0, 0.05) is 0 Å². The largest absolute Gasteiger partial charge is 1.00 e. The zero-order valence-electron chi connectivity index (χ0n) is 28.3. The Labute approximate surface area is 300 Å². The van der Waals surface area contributed by atoms with Gasteiger partial charge in [0.1, 0.15) is 0 Å². The SMILES string of the molecule is CC(C)(C)c1c[c-]c2c(c1)-c1cc(C(C)(C)C)ccc1C2.C[C](=[Zr+2])c1ccccc1.Cc1cc(-c2ccccc2)c(C)[cH-]1.[Cl-].[Cl-]. The fraction of sp³-hybridized carbons (Fsp3) is 0.286. The van der Waals surface area contributed by atoms with E-state index in [-0.39, 0.29) is 35.6 Å². The fourth-order valence-corrected chi connectivity index (χ4v) is 5.81. The zero-order valence-corrected chi connectivity index (χ0v) is 32.2. The minimum atomic E-state index is 0. The van der Waals surface area contributed by atoms with Gasteiger partial charge in [0.15, 0.2) is 0 Å². The Balaban J connectivity index is 0.000000252. The van der Waals surface area contributed by atoms with Crippen molar-refractivity contribution in [1.82, 2.24) is 0 Å². The topological polar surface area (TPSA) is 0 Å². The Morgan fingerprint density at radius 2 is 1.24 bits per heavy atom. The summed E-state index contributed by atoms with van der Waals surface area (Å²) >= 11 is 1.51. The smallest absolute Gasteiger partial charge is 0.0623 e. The fourth-order valence-electron chi connectivity index (χ4n) is 5.40. The third-order valence-electron chi connectivity index (χ3n) is 8.06. The van der Waals surface area contributed by atoms with E-state index in [1.54, 1.807) is 0 Å². The van der Waals surface area contributed by atoms with Crippen LogP contribution >= 0.6 is 0 Å². The molecular weight excluding hydrogens is 667 g/mol. The zero-order chi connectivity index (χ0) is 31.4. The molecule has 0 fully saturated rings. The third-order valence-corrected chi connectivity index (χ3v) is 8.77. The number of hydrogen-bond donors (Lipinski definition) is 0. The van der Waals surface area contributed by atoms with Gasteiger partial charge in [-0.3, -0.25) is 0 Å². The first-order valence-corrected chi connectivity index (χ1v) is 16.6. The minimum absolute atomic E-state index is 0. The Hall–Kier alpha value is -2.44. The summed E-state index contributed by atoms with van der Waals surface area (Å²) < 4.78 is 1.46. The first-order valence-electron chi connectivity index (χ1n) is 15.3. The number of aryl methyl sites for hydroxylation is 2. The average molecular weight is 713 g/mol. The van der Waals surface area contributed by atoms with Gasteiger partial charge in [-0.15, -0.1) is 5.56 Å². The number of benzene rings is 4. The molecule has 0 nitrogen and oxygen atoms in total. The van der Waals surface area contributed by atoms with Crippen LogP contribution in [0.1, 0.15) is 87.4 Å². The van der Waals surface area contributed by atoms with Gasteiger partial charge >= 0.3 is 70.3 Å². The van der Waals surface area contributed by atoms with E-state index >= 15 is 0 Å². The van der Waals surface area contributed by atoms with E-state index in [0.717, 1.165) is 6.42 Å². The Bertz CT molecular complexity index is 1620. The van der Waals surface area contributed by atoms with Gasteiger partial charge in [-0.2, -0.15) is 52.1 Å². The molecular formula is C42H46Cl2Zr-2. The van der Waals surface area contributed by atoms with Crippen molar-refractivity contribution in [3.8, 4) is 22.3 Å². The van der Waals surface area contributed by atoms with E-state index in [1.807, 2.05) is 6.07 Å². The Morgan fingerprint density at radius 1 is 0.689 bits per heavy atom. The molecule has 0 atom stereocenters. The molecule has 0 aliphatic heterocycles. The molecule has 6 rings (SSSR count). The van der Waals surface area contributed by atoms with Crippen molar-refractivity contribution < 1.29 is 49.0 Å². The summed E-state index contributed by atoms with van der Waals surface area (Å²) in [6.07, 6.45) is 1.03. The molecule has 0 saturated heterocycles. The van der Waals surface area contributed by atoms with Crippen LogP contribution in [0.4, 0.5) is 0 Å². The summed E-state index contributed by atoms with van der Waals surface area (Å²) in [7, 11) is 0. The van der Waals surface area contributed by atoms with E-state index in [9.17, 15) is 0 Å².